The molecule has 1 aliphatic heterocycles. The van der Waals surface area contributed by atoms with Crippen molar-refractivity contribution < 1.29 is 13.2 Å². The minimum atomic E-state index is -3.07. The zero-order valence-corrected chi connectivity index (χ0v) is 20.2. The molecule has 2 aromatic heterocycles. The van der Waals surface area contributed by atoms with Gasteiger partial charge in [-0.05, 0) is 36.6 Å². The van der Waals surface area contributed by atoms with Crippen LogP contribution in [0.3, 0.4) is 0 Å². The molecule has 8 heteroatoms. The van der Waals surface area contributed by atoms with E-state index in [1.54, 1.807) is 29.4 Å². The average Bonchev–Trinajstić information content (AvgIpc) is 3.41. The summed E-state index contributed by atoms with van der Waals surface area (Å²) >= 11 is 0. The van der Waals surface area contributed by atoms with Crippen LogP contribution in [0.5, 0.6) is 0 Å². The highest BCUT2D eigenvalue weighted by Gasteiger charge is 2.33. The first-order valence-corrected chi connectivity index (χ1v) is 13.5. The maximum atomic E-state index is 13.2. The monoisotopic (exact) mass is 478 g/mol. The fourth-order valence-electron chi connectivity index (χ4n) is 4.22. The average molecular weight is 479 g/mol. The van der Waals surface area contributed by atoms with E-state index in [4.69, 9.17) is 5.10 Å². The van der Waals surface area contributed by atoms with Crippen LogP contribution in [0.1, 0.15) is 37.3 Å². The van der Waals surface area contributed by atoms with Crippen LogP contribution in [-0.4, -0.2) is 58.1 Å². The molecular formula is C26H30N4O3S. The Morgan fingerprint density at radius 1 is 1.21 bits per heavy atom. The molecular weight excluding hydrogens is 448 g/mol. The number of carbonyl (C=O) groups excluding carboxylic acids is 1. The lowest BCUT2D eigenvalue weighted by molar-refractivity contribution is -0.127. The van der Waals surface area contributed by atoms with E-state index in [0.29, 0.717) is 19.5 Å². The Morgan fingerprint density at radius 2 is 2.03 bits per heavy atom. The molecule has 1 aliphatic rings. The van der Waals surface area contributed by atoms with Gasteiger partial charge < -0.3 is 4.90 Å². The highest BCUT2D eigenvalue weighted by molar-refractivity contribution is 7.91. The third-order valence-corrected chi connectivity index (χ3v) is 7.75. The Morgan fingerprint density at radius 3 is 2.71 bits per heavy atom. The molecule has 0 radical (unpaired) electrons. The van der Waals surface area contributed by atoms with Gasteiger partial charge in [0.2, 0.25) is 5.91 Å². The predicted molar refractivity (Wildman–Crippen MR) is 134 cm³/mol. The van der Waals surface area contributed by atoms with E-state index in [1.807, 2.05) is 53.3 Å². The first-order valence-electron chi connectivity index (χ1n) is 11.7. The van der Waals surface area contributed by atoms with E-state index in [1.165, 1.54) is 0 Å². The van der Waals surface area contributed by atoms with Crippen molar-refractivity contribution in [2.24, 2.45) is 0 Å². The smallest absolute Gasteiger partial charge is 0.246 e. The summed E-state index contributed by atoms with van der Waals surface area (Å²) in [7, 11) is -3.07. The van der Waals surface area contributed by atoms with Crippen molar-refractivity contribution in [3.05, 3.63) is 78.3 Å². The Bertz CT molecular complexity index is 1240. The van der Waals surface area contributed by atoms with Crippen molar-refractivity contribution in [1.29, 1.82) is 0 Å². The van der Waals surface area contributed by atoms with Gasteiger partial charge in [-0.3, -0.25) is 14.5 Å². The summed E-state index contributed by atoms with van der Waals surface area (Å²) in [6.45, 7) is 3.23. The quantitative estimate of drug-likeness (QED) is 0.437. The summed E-state index contributed by atoms with van der Waals surface area (Å²) in [5.41, 5.74) is 3.55. The number of hydrogen-bond donors (Lipinski definition) is 0. The molecule has 1 fully saturated rings. The fourth-order valence-corrected chi connectivity index (χ4v) is 5.95. The summed E-state index contributed by atoms with van der Waals surface area (Å²) in [5, 5.41) is 4.77. The number of rotatable bonds is 9. The normalized spacial score (nSPS) is 17.3. The Hall–Kier alpha value is -3.26. The van der Waals surface area contributed by atoms with Crippen LogP contribution >= 0.6 is 0 Å². The molecule has 4 rings (SSSR count). The Kier molecular flexibility index (Phi) is 7.57. The maximum Gasteiger partial charge on any atom is 0.246 e. The minimum Gasteiger partial charge on any atom is -0.335 e. The summed E-state index contributed by atoms with van der Waals surface area (Å²) in [6.07, 6.45) is 11.0. The summed E-state index contributed by atoms with van der Waals surface area (Å²) < 4.78 is 25.9. The van der Waals surface area contributed by atoms with Gasteiger partial charge in [-0.1, -0.05) is 43.7 Å². The van der Waals surface area contributed by atoms with Crippen molar-refractivity contribution in [2.45, 2.75) is 38.8 Å². The van der Waals surface area contributed by atoms with Gasteiger partial charge in [0, 0.05) is 48.4 Å². The molecule has 0 N–H and O–H groups in total. The number of sulfone groups is 1. The number of amides is 1. The maximum absolute atomic E-state index is 13.2. The van der Waals surface area contributed by atoms with Gasteiger partial charge in [0.1, 0.15) is 5.69 Å². The molecule has 1 unspecified atom stereocenters. The first-order chi connectivity index (χ1) is 16.4. The number of nitrogens with zero attached hydrogens (tertiary/aromatic N) is 4. The largest absolute Gasteiger partial charge is 0.335 e. The van der Waals surface area contributed by atoms with E-state index in [9.17, 15) is 13.2 Å². The van der Waals surface area contributed by atoms with E-state index in [-0.39, 0.29) is 23.5 Å². The zero-order chi connectivity index (χ0) is 24.0. The predicted octanol–water partition coefficient (Wildman–Crippen LogP) is 3.82. The van der Waals surface area contributed by atoms with E-state index < -0.39 is 9.84 Å². The molecule has 0 bridgehead atoms. The van der Waals surface area contributed by atoms with Crippen LogP contribution in [0.25, 0.3) is 17.3 Å². The lowest BCUT2D eigenvalue weighted by Crippen LogP contribution is -2.40. The molecule has 0 saturated carbocycles. The van der Waals surface area contributed by atoms with Gasteiger partial charge in [-0.15, -0.1) is 0 Å². The molecule has 3 heterocycles. The number of benzene rings is 1. The van der Waals surface area contributed by atoms with E-state index >= 15 is 0 Å². The standard InChI is InChI=1S/C26H30N4O3S/c1-2-3-15-30(24-13-16-34(32,33)20-24)25(31)12-11-23-19-29(18-21-8-5-4-6-9-21)28-26(23)22-10-7-14-27-17-22/h4-12,14,17,19,24H,2-3,13,15-16,18,20H2,1H3/b12-11+. The van der Waals surface area contributed by atoms with Crippen molar-refractivity contribution in [1.82, 2.24) is 19.7 Å². The highest BCUT2D eigenvalue weighted by Crippen LogP contribution is 2.24. The summed E-state index contributed by atoms with van der Waals surface area (Å²) in [6, 6.07) is 13.6. The molecule has 178 valence electrons. The first kappa shape index (κ1) is 23.9. The van der Waals surface area contributed by atoms with Crippen molar-refractivity contribution in [3.63, 3.8) is 0 Å². The lowest BCUT2D eigenvalue weighted by atomic mass is 10.1. The van der Waals surface area contributed by atoms with Crippen LogP contribution in [0, 0.1) is 0 Å². The molecule has 1 amide bonds. The number of pyridine rings is 1. The zero-order valence-electron chi connectivity index (χ0n) is 19.4. The number of carbonyl (C=O) groups is 1. The van der Waals surface area contributed by atoms with E-state index in [2.05, 4.69) is 11.9 Å². The van der Waals surface area contributed by atoms with Crippen LogP contribution in [0.4, 0.5) is 0 Å². The molecule has 34 heavy (non-hydrogen) atoms. The van der Waals surface area contributed by atoms with Crippen molar-refractivity contribution in [3.8, 4) is 11.3 Å². The van der Waals surface area contributed by atoms with Crippen molar-refractivity contribution >= 4 is 21.8 Å². The molecule has 0 aliphatic carbocycles. The van der Waals surface area contributed by atoms with Crippen LogP contribution in [0.2, 0.25) is 0 Å². The topological polar surface area (TPSA) is 85.2 Å². The van der Waals surface area contributed by atoms with Crippen LogP contribution in [-0.2, 0) is 21.2 Å². The number of unbranched alkanes of at least 4 members (excludes halogenated alkanes) is 1. The lowest BCUT2D eigenvalue weighted by Gasteiger charge is -2.27. The third-order valence-electron chi connectivity index (χ3n) is 6.00. The second kappa shape index (κ2) is 10.8. The molecule has 1 atom stereocenters. The SMILES string of the molecule is CCCCN(C(=O)/C=C/c1cn(Cc2ccccc2)nc1-c1cccnc1)C1CCS(=O)(=O)C1. The van der Waals surface area contributed by atoms with E-state index in [0.717, 1.165) is 35.2 Å². The van der Waals surface area contributed by atoms with Crippen molar-refractivity contribution in [2.75, 3.05) is 18.1 Å². The fraction of sp³-hybridized carbons (Fsp3) is 0.346. The second-order valence-corrected chi connectivity index (χ2v) is 10.9. The van der Waals surface area contributed by atoms with Crippen LogP contribution in [0.15, 0.2) is 67.1 Å². The Balaban J connectivity index is 1.60. The molecule has 1 saturated heterocycles. The highest BCUT2D eigenvalue weighted by atomic mass is 32.2. The van der Waals surface area contributed by atoms with Gasteiger partial charge in [0.15, 0.2) is 9.84 Å². The van der Waals surface area contributed by atoms with Gasteiger partial charge in [0.25, 0.3) is 0 Å². The van der Waals surface area contributed by atoms with Crippen LogP contribution < -0.4 is 0 Å². The molecule has 0 spiro atoms. The summed E-state index contributed by atoms with van der Waals surface area (Å²) in [4.78, 5) is 19.1. The van der Waals surface area contributed by atoms with Gasteiger partial charge in [-0.2, -0.15) is 5.10 Å². The molecule has 1 aromatic carbocycles. The molecule has 7 nitrogen and oxygen atoms in total. The second-order valence-electron chi connectivity index (χ2n) is 8.63. The number of aromatic nitrogens is 3. The minimum absolute atomic E-state index is 0.0479. The summed E-state index contributed by atoms with van der Waals surface area (Å²) in [5.74, 6) is 0.0319. The number of hydrogen-bond acceptors (Lipinski definition) is 5. The van der Waals surface area contributed by atoms with Gasteiger partial charge in [0.05, 0.1) is 18.1 Å². The Labute approximate surface area is 201 Å². The van der Waals surface area contributed by atoms with Gasteiger partial charge in [-0.25, -0.2) is 8.42 Å². The van der Waals surface area contributed by atoms with Gasteiger partial charge >= 0.3 is 0 Å². The molecule has 3 aromatic rings. The third kappa shape index (κ3) is 5.99.